The molecule has 1 aromatic carbocycles. The van der Waals surface area contributed by atoms with E-state index in [4.69, 9.17) is 10.5 Å². The van der Waals surface area contributed by atoms with Crippen molar-refractivity contribution in [1.82, 2.24) is 0 Å². The summed E-state index contributed by atoms with van der Waals surface area (Å²) < 4.78 is 5.19. The van der Waals surface area contributed by atoms with Crippen molar-refractivity contribution in [2.45, 2.75) is 12.5 Å². The molecule has 0 radical (unpaired) electrons. The van der Waals surface area contributed by atoms with Gasteiger partial charge in [-0.1, -0.05) is 0 Å². The summed E-state index contributed by atoms with van der Waals surface area (Å²) in [5.74, 6) is 0.926. The van der Waals surface area contributed by atoms with Crippen molar-refractivity contribution in [1.29, 1.82) is 0 Å². The van der Waals surface area contributed by atoms with Crippen molar-refractivity contribution in [3.05, 3.63) is 23.8 Å². The molecule has 2 rings (SSSR count). The number of anilines is 1. The third kappa shape index (κ3) is 1.34. The van der Waals surface area contributed by atoms with E-state index >= 15 is 0 Å². The Morgan fingerprint density at radius 2 is 2.36 bits per heavy atom. The second kappa shape index (κ2) is 3.50. The molecule has 2 N–H and O–H groups in total. The lowest BCUT2D eigenvalue weighted by atomic mass is 10.1. The predicted molar refractivity (Wildman–Crippen MR) is 57.9 cm³/mol. The van der Waals surface area contributed by atoms with Gasteiger partial charge in [0.1, 0.15) is 5.75 Å². The standard InChI is InChI=1S/C11H16N2O/c1-13-9(7-12)5-8-6-10(14-2)3-4-11(8)13/h3-4,6,9H,5,7,12H2,1-2H3. The van der Waals surface area contributed by atoms with E-state index in [0.717, 1.165) is 12.2 Å². The van der Waals surface area contributed by atoms with Crippen LogP contribution in [0.15, 0.2) is 18.2 Å². The van der Waals surface area contributed by atoms with E-state index in [1.165, 1.54) is 11.3 Å². The van der Waals surface area contributed by atoms with Crippen LogP contribution >= 0.6 is 0 Å². The average Bonchev–Trinajstić information content (AvgIpc) is 2.55. The van der Waals surface area contributed by atoms with Crippen LogP contribution in [-0.4, -0.2) is 26.7 Å². The largest absolute Gasteiger partial charge is 0.497 e. The molecule has 3 nitrogen and oxygen atoms in total. The predicted octanol–water partition coefficient (Wildman–Crippen LogP) is 1.01. The lowest BCUT2D eigenvalue weighted by molar-refractivity contribution is 0.414. The molecular weight excluding hydrogens is 176 g/mol. The summed E-state index contributed by atoms with van der Waals surface area (Å²) in [6, 6.07) is 6.64. The summed E-state index contributed by atoms with van der Waals surface area (Å²) in [4.78, 5) is 2.24. The second-order valence-electron chi connectivity index (χ2n) is 3.70. The summed E-state index contributed by atoms with van der Waals surface area (Å²) in [5.41, 5.74) is 8.32. The van der Waals surface area contributed by atoms with Gasteiger partial charge in [-0.25, -0.2) is 0 Å². The minimum Gasteiger partial charge on any atom is -0.497 e. The first-order chi connectivity index (χ1) is 6.76. The van der Waals surface area contributed by atoms with E-state index in [0.29, 0.717) is 12.6 Å². The van der Waals surface area contributed by atoms with Crippen molar-refractivity contribution in [2.75, 3.05) is 25.6 Å². The van der Waals surface area contributed by atoms with Crippen LogP contribution < -0.4 is 15.4 Å². The van der Waals surface area contributed by atoms with Gasteiger partial charge in [0.15, 0.2) is 0 Å². The van der Waals surface area contributed by atoms with Gasteiger partial charge in [-0.05, 0) is 30.2 Å². The first-order valence-corrected chi connectivity index (χ1v) is 4.86. The summed E-state index contributed by atoms with van der Waals surface area (Å²) in [6.07, 6.45) is 1.03. The van der Waals surface area contributed by atoms with E-state index in [1.807, 2.05) is 6.07 Å². The molecular formula is C11H16N2O. The molecule has 3 heteroatoms. The van der Waals surface area contributed by atoms with Crippen molar-refractivity contribution in [3.63, 3.8) is 0 Å². The Morgan fingerprint density at radius 3 is 3.00 bits per heavy atom. The molecule has 0 fully saturated rings. The van der Waals surface area contributed by atoms with Gasteiger partial charge >= 0.3 is 0 Å². The quantitative estimate of drug-likeness (QED) is 0.760. The zero-order chi connectivity index (χ0) is 10.1. The maximum absolute atomic E-state index is 5.70. The van der Waals surface area contributed by atoms with Gasteiger partial charge in [0.25, 0.3) is 0 Å². The fraction of sp³-hybridized carbons (Fsp3) is 0.455. The van der Waals surface area contributed by atoms with Crippen molar-refractivity contribution in [2.24, 2.45) is 5.73 Å². The van der Waals surface area contributed by atoms with Crippen molar-refractivity contribution >= 4 is 5.69 Å². The maximum atomic E-state index is 5.70. The third-order valence-corrected chi connectivity index (χ3v) is 2.94. The van der Waals surface area contributed by atoms with Gasteiger partial charge in [-0.2, -0.15) is 0 Å². The van der Waals surface area contributed by atoms with E-state index < -0.39 is 0 Å². The van der Waals surface area contributed by atoms with Crippen LogP contribution in [0.25, 0.3) is 0 Å². The molecule has 0 spiro atoms. The molecule has 1 aliphatic heterocycles. The monoisotopic (exact) mass is 192 g/mol. The molecule has 0 aliphatic carbocycles. The average molecular weight is 192 g/mol. The number of benzene rings is 1. The number of rotatable bonds is 2. The first kappa shape index (κ1) is 9.34. The fourth-order valence-electron chi connectivity index (χ4n) is 2.03. The number of nitrogens with two attached hydrogens (primary N) is 1. The Hall–Kier alpha value is -1.22. The van der Waals surface area contributed by atoms with Gasteiger partial charge in [0.05, 0.1) is 7.11 Å². The molecule has 1 atom stereocenters. The molecule has 1 aliphatic rings. The normalized spacial score (nSPS) is 19.6. The SMILES string of the molecule is COc1ccc2c(c1)CC(CN)N2C. The topological polar surface area (TPSA) is 38.5 Å². The van der Waals surface area contributed by atoms with Gasteiger partial charge < -0.3 is 15.4 Å². The van der Waals surface area contributed by atoms with Crippen LogP contribution in [0.1, 0.15) is 5.56 Å². The van der Waals surface area contributed by atoms with Crippen LogP contribution in [0.3, 0.4) is 0 Å². The Labute approximate surface area is 84.5 Å². The Balaban J connectivity index is 2.34. The number of likely N-dealkylation sites (N-methyl/N-ethyl adjacent to an activating group) is 1. The minimum atomic E-state index is 0.442. The van der Waals surface area contributed by atoms with E-state index in [1.54, 1.807) is 7.11 Å². The zero-order valence-electron chi connectivity index (χ0n) is 8.66. The first-order valence-electron chi connectivity index (χ1n) is 4.86. The Kier molecular flexibility index (Phi) is 2.33. The molecule has 1 heterocycles. The molecule has 0 amide bonds. The molecule has 1 aromatic rings. The second-order valence-corrected chi connectivity index (χ2v) is 3.70. The van der Waals surface area contributed by atoms with Crippen LogP contribution in [0, 0.1) is 0 Å². The van der Waals surface area contributed by atoms with Crippen LogP contribution in [-0.2, 0) is 6.42 Å². The lowest BCUT2D eigenvalue weighted by Crippen LogP contribution is -2.34. The summed E-state index contributed by atoms with van der Waals surface area (Å²) >= 11 is 0. The highest BCUT2D eigenvalue weighted by Gasteiger charge is 2.25. The van der Waals surface area contributed by atoms with E-state index in [2.05, 4.69) is 24.1 Å². The van der Waals surface area contributed by atoms with Crippen LogP contribution in [0.4, 0.5) is 5.69 Å². The summed E-state index contributed by atoms with van der Waals surface area (Å²) in [7, 11) is 3.79. The highest BCUT2D eigenvalue weighted by molar-refractivity contribution is 5.61. The lowest BCUT2D eigenvalue weighted by Gasteiger charge is -2.20. The molecule has 0 saturated heterocycles. The molecule has 0 aromatic heterocycles. The number of hydrogen-bond acceptors (Lipinski definition) is 3. The molecule has 0 saturated carbocycles. The Bertz CT molecular complexity index is 338. The smallest absolute Gasteiger partial charge is 0.119 e. The summed E-state index contributed by atoms with van der Waals surface area (Å²) in [5, 5.41) is 0. The third-order valence-electron chi connectivity index (χ3n) is 2.94. The highest BCUT2D eigenvalue weighted by Crippen LogP contribution is 2.33. The van der Waals surface area contributed by atoms with E-state index in [-0.39, 0.29) is 0 Å². The zero-order valence-corrected chi connectivity index (χ0v) is 8.66. The molecule has 0 bridgehead atoms. The maximum Gasteiger partial charge on any atom is 0.119 e. The van der Waals surface area contributed by atoms with Gasteiger partial charge in [-0.3, -0.25) is 0 Å². The molecule has 1 unspecified atom stereocenters. The number of nitrogens with zero attached hydrogens (tertiary/aromatic N) is 1. The van der Waals surface area contributed by atoms with Crippen molar-refractivity contribution < 1.29 is 4.74 Å². The fourth-order valence-corrected chi connectivity index (χ4v) is 2.03. The number of ether oxygens (including phenoxy) is 1. The van der Waals surface area contributed by atoms with Crippen LogP contribution in [0.5, 0.6) is 5.75 Å². The van der Waals surface area contributed by atoms with Gasteiger partial charge in [0.2, 0.25) is 0 Å². The minimum absolute atomic E-state index is 0.442. The van der Waals surface area contributed by atoms with Gasteiger partial charge in [-0.15, -0.1) is 0 Å². The number of methoxy groups -OCH3 is 1. The number of hydrogen-bond donors (Lipinski definition) is 1. The van der Waals surface area contributed by atoms with Crippen molar-refractivity contribution in [3.8, 4) is 5.75 Å². The Morgan fingerprint density at radius 1 is 1.57 bits per heavy atom. The molecule has 76 valence electrons. The van der Waals surface area contributed by atoms with Gasteiger partial charge in [0, 0.05) is 25.3 Å². The molecule has 14 heavy (non-hydrogen) atoms. The number of fused-ring (bicyclic) bond motifs is 1. The highest BCUT2D eigenvalue weighted by atomic mass is 16.5. The summed E-state index contributed by atoms with van der Waals surface area (Å²) in [6.45, 7) is 0.702. The van der Waals surface area contributed by atoms with Crippen LogP contribution in [0.2, 0.25) is 0 Å². The van der Waals surface area contributed by atoms with E-state index in [9.17, 15) is 0 Å².